The molecule has 1 aliphatic rings. The number of nitrogens with zero attached hydrogens (tertiary/aromatic N) is 4. The number of carbonyl (C=O) groups excluding carboxylic acids is 1. The summed E-state index contributed by atoms with van der Waals surface area (Å²) in [6.45, 7) is 6.99. The van der Waals surface area contributed by atoms with Gasteiger partial charge in [0, 0.05) is 11.4 Å². The van der Waals surface area contributed by atoms with Gasteiger partial charge in [-0.25, -0.2) is 0 Å². The fourth-order valence-electron chi connectivity index (χ4n) is 3.66. The van der Waals surface area contributed by atoms with Crippen LogP contribution in [-0.4, -0.2) is 44.4 Å². The van der Waals surface area contributed by atoms with Crippen molar-refractivity contribution in [2.75, 3.05) is 24.2 Å². The van der Waals surface area contributed by atoms with E-state index in [1.807, 2.05) is 50.2 Å². The van der Waals surface area contributed by atoms with Crippen molar-refractivity contribution in [2.24, 2.45) is 0 Å². The van der Waals surface area contributed by atoms with Crippen molar-refractivity contribution in [2.45, 2.75) is 38.4 Å². The molecule has 6 nitrogen and oxygen atoms in total. The number of hydrogen-bond acceptors (Lipinski definition) is 5. The number of rotatable bonds is 7. The van der Waals surface area contributed by atoms with Gasteiger partial charge in [0.2, 0.25) is 5.91 Å². The number of para-hydroxylation sites is 1. The normalized spacial score (nSPS) is 14.2. The van der Waals surface area contributed by atoms with Crippen LogP contribution in [-0.2, 0) is 11.3 Å². The third-order valence-corrected chi connectivity index (χ3v) is 6.21. The van der Waals surface area contributed by atoms with Crippen molar-refractivity contribution in [1.29, 1.82) is 0 Å². The van der Waals surface area contributed by atoms with Crippen LogP contribution in [0.2, 0.25) is 0 Å². The van der Waals surface area contributed by atoms with Gasteiger partial charge in [0.05, 0.1) is 12.3 Å². The molecule has 1 aromatic heterocycles. The zero-order valence-electron chi connectivity index (χ0n) is 17.5. The third-order valence-electron chi connectivity index (χ3n) is 5.28. The van der Waals surface area contributed by atoms with Crippen molar-refractivity contribution in [1.82, 2.24) is 19.7 Å². The van der Waals surface area contributed by atoms with Crippen LogP contribution in [0.25, 0.3) is 5.69 Å². The number of amides is 1. The maximum Gasteiger partial charge on any atom is 0.234 e. The van der Waals surface area contributed by atoms with Gasteiger partial charge in [-0.15, -0.1) is 10.2 Å². The number of benzene rings is 2. The van der Waals surface area contributed by atoms with Gasteiger partial charge >= 0.3 is 0 Å². The predicted molar refractivity (Wildman–Crippen MR) is 121 cm³/mol. The van der Waals surface area contributed by atoms with Gasteiger partial charge in [0.25, 0.3) is 0 Å². The first-order chi connectivity index (χ1) is 14.6. The predicted octanol–water partition coefficient (Wildman–Crippen LogP) is 4.21. The van der Waals surface area contributed by atoms with Crippen molar-refractivity contribution >= 4 is 23.4 Å². The molecule has 4 rings (SSSR count). The molecule has 0 bridgehead atoms. The van der Waals surface area contributed by atoms with Gasteiger partial charge in [-0.1, -0.05) is 42.1 Å². The van der Waals surface area contributed by atoms with Gasteiger partial charge < -0.3 is 5.32 Å². The molecule has 7 heteroatoms. The number of carbonyl (C=O) groups is 1. The minimum atomic E-state index is -0.0441. The average molecular weight is 422 g/mol. The highest BCUT2D eigenvalue weighted by Gasteiger charge is 2.20. The van der Waals surface area contributed by atoms with Crippen molar-refractivity contribution in [3.8, 4) is 5.69 Å². The summed E-state index contributed by atoms with van der Waals surface area (Å²) in [5.41, 5.74) is 4.06. The van der Waals surface area contributed by atoms with Gasteiger partial charge in [-0.3, -0.25) is 14.3 Å². The smallest absolute Gasteiger partial charge is 0.234 e. The summed E-state index contributed by atoms with van der Waals surface area (Å²) in [5, 5.41) is 12.6. The Hall–Kier alpha value is -2.64. The highest BCUT2D eigenvalue weighted by Crippen LogP contribution is 2.24. The lowest BCUT2D eigenvalue weighted by Crippen LogP contribution is -2.21. The summed E-state index contributed by atoms with van der Waals surface area (Å²) < 4.78 is 2.08. The number of nitrogens with one attached hydrogen (secondary N) is 1. The molecule has 0 radical (unpaired) electrons. The van der Waals surface area contributed by atoms with E-state index in [-0.39, 0.29) is 11.7 Å². The van der Waals surface area contributed by atoms with Gasteiger partial charge in [-0.05, 0) is 69.1 Å². The number of anilines is 1. The SMILES string of the molecule is Cc1ccc(C)c(NC(=O)CSc2nnc(CN3CCCC3)n2-c2ccccc2)c1. The maximum absolute atomic E-state index is 12.6. The van der Waals surface area contributed by atoms with E-state index in [4.69, 9.17) is 0 Å². The Bertz CT molecular complexity index is 1010. The topological polar surface area (TPSA) is 63.1 Å². The number of thioether (sulfide) groups is 1. The molecule has 0 aliphatic carbocycles. The summed E-state index contributed by atoms with van der Waals surface area (Å²) in [7, 11) is 0. The largest absolute Gasteiger partial charge is 0.325 e. The maximum atomic E-state index is 12.6. The van der Waals surface area contributed by atoms with E-state index >= 15 is 0 Å². The number of hydrogen-bond donors (Lipinski definition) is 1. The fraction of sp³-hybridized carbons (Fsp3) is 0.348. The Morgan fingerprint density at radius 3 is 2.60 bits per heavy atom. The first-order valence-corrected chi connectivity index (χ1v) is 11.3. The summed E-state index contributed by atoms with van der Waals surface area (Å²) in [5.74, 6) is 1.15. The van der Waals surface area contributed by atoms with Gasteiger partial charge in [-0.2, -0.15) is 0 Å². The molecule has 2 heterocycles. The number of aromatic nitrogens is 3. The van der Waals surface area contributed by atoms with Crippen LogP contribution in [0.5, 0.6) is 0 Å². The standard InChI is InChI=1S/C23H27N5OS/c1-17-10-11-18(2)20(14-17)24-22(29)16-30-23-26-25-21(15-27-12-6-7-13-27)28(23)19-8-4-3-5-9-19/h3-5,8-11,14H,6-7,12-13,15-16H2,1-2H3,(H,24,29). The Balaban J connectivity index is 1.50. The molecule has 1 aliphatic heterocycles. The molecule has 0 unspecified atom stereocenters. The van der Waals surface area contributed by atoms with Gasteiger partial charge in [0.1, 0.15) is 0 Å². The van der Waals surface area contributed by atoms with Crippen molar-refractivity contribution in [3.05, 3.63) is 65.5 Å². The van der Waals surface area contributed by atoms with E-state index < -0.39 is 0 Å². The lowest BCUT2D eigenvalue weighted by atomic mass is 10.1. The highest BCUT2D eigenvalue weighted by atomic mass is 32.2. The lowest BCUT2D eigenvalue weighted by Gasteiger charge is -2.16. The second-order valence-electron chi connectivity index (χ2n) is 7.71. The van der Waals surface area contributed by atoms with Crippen LogP contribution >= 0.6 is 11.8 Å². The molecule has 0 atom stereocenters. The molecule has 1 fully saturated rings. The Morgan fingerprint density at radius 2 is 1.83 bits per heavy atom. The minimum absolute atomic E-state index is 0.0441. The Labute approximate surface area is 181 Å². The summed E-state index contributed by atoms with van der Waals surface area (Å²) in [4.78, 5) is 15.0. The number of aryl methyl sites for hydroxylation is 2. The van der Waals surface area contributed by atoms with Crippen molar-refractivity contribution < 1.29 is 4.79 Å². The van der Waals surface area contributed by atoms with Crippen LogP contribution in [0.4, 0.5) is 5.69 Å². The quantitative estimate of drug-likeness (QED) is 0.579. The molecular formula is C23H27N5OS. The van der Waals surface area contributed by atoms with Crippen LogP contribution in [0.15, 0.2) is 53.7 Å². The molecule has 30 heavy (non-hydrogen) atoms. The molecule has 1 saturated heterocycles. The second-order valence-corrected chi connectivity index (χ2v) is 8.65. The van der Waals surface area contributed by atoms with E-state index in [2.05, 4.69) is 37.1 Å². The van der Waals surface area contributed by atoms with Crippen LogP contribution < -0.4 is 5.32 Å². The Morgan fingerprint density at radius 1 is 1.07 bits per heavy atom. The van der Waals surface area contributed by atoms with E-state index in [9.17, 15) is 4.79 Å². The molecule has 0 saturated carbocycles. The number of likely N-dealkylation sites (tertiary alicyclic amines) is 1. The third kappa shape index (κ3) is 4.91. The monoisotopic (exact) mass is 421 g/mol. The van der Waals surface area contributed by atoms with Crippen LogP contribution in [0, 0.1) is 13.8 Å². The van der Waals surface area contributed by atoms with Crippen LogP contribution in [0.3, 0.4) is 0 Å². The molecule has 1 amide bonds. The minimum Gasteiger partial charge on any atom is -0.325 e. The molecule has 156 valence electrons. The van der Waals surface area contributed by atoms with E-state index in [1.165, 1.54) is 24.6 Å². The van der Waals surface area contributed by atoms with E-state index in [1.54, 1.807) is 0 Å². The van der Waals surface area contributed by atoms with Crippen LogP contribution in [0.1, 0.15) is 29.8 Å². The second kappa shape index (κ2) is 9.45. The molecule has 3 aromatic rings. The first-order valence-electron chi connectivity index (χ1n) is 10.3. The summed E-state index contributed by atoms with van der Waals surface area (Å²) in [6.07, 6.45) is 2.47. The van der Waals surface area contributed by atoms with E-state index in [0.29, 0.717) is 0 Å². The highest BCUT2D eigenvalue weighted by molar-refractivity contribution is 7.99. The Kier molecular flexibility index (Phi) is 6.50. The summed E-state index contributed by atoms with van der Waals surface area (Å²) in [6, 6.07) is 16.2. The fourth-order valence-corrected chi connectivity index (χ4v) is 4.43. The molecule has 0 spiro atoms. The molecular weight excluding hydrogens is 394 g/mol. The average Bonchev–Trinajstić information content (AvgIpc) is 3.40. The first kappa shape index (κ1) is 20.6. The van der Waals surface area contributed by atoms with E-state index in [0.717, 1.165) is 53.1 Å². The molecule has 1 N–H and O–H groups in total. The summed E-state index contributed by atoms with van der Waals surface area (Å²) >= 11 is 1.42. The van der Waals surface area contributed by atoms with Gasteiger partial charge in [0.15, 0.2) is 11.0 Å². The lowest BCUT2D eigenvalue weighted by molar-refractivity contribution is -0.113. The van der Waals surface area contributed by atoms with Crippen molar-refractivity contribution in [3.63, 3.8) is 0 Å². The zero-order chi connectivity index (χ0) is 20.9. The zero-order valence-corrected chi connectivity index (χ0v) is 18.3. The molecule has 2 aromatic carbocycles.